The van der Waals surface area contributed by atoms with Crippen molar-refractivity contribution in [1.82, 2.24) is 9.78 Å². The molecule has 0 atom stereocenters. The van der Waals surface area contributed by atoms with Crippen LogP contribution in [0.4, 0.5) is 0 Å². The third-order valence-electron chi connectivity index (χ3n) is 2.67. The molecule has 0 aliphatic carbocycles. The summed E-state index contributed by atoms with van der Waals surface area (Å²) in [6, 6.07) is 6.52. The molecule has 0 radical (unpaired) electrons. The van der Waals surface area contributed by atoms with E-state index in [-0.39, 0.29) is 18.1 Å². The molecular formula is C13H14N2O4. The number of hydrogen-bond acceptors (Lipinski definition) is 4. The maximum Gasteiger partial charge on any atom is 0.354 e. The molecule has 0 aliphatic rings. The van der Waals surface area contributed by atoms with Gasteiger partial charge in [-0.3, -0.25) is 4.68 Å². The molecule has 0 saturated heterocycles. The molecule has 19 heavy (non-hydrogen) atoms. The third kappa shape index (κ3) is 2.67. The summed E-state index contributed by atoms with van der Waals surface area (Å²) in [6.45, 7) is 2.32. The van der Waals surface area contributed by atoms with Crippen molar-refractivity contribution in [3.8, 4) is 11.5 Å². The Morgan fingerprint density at radius 2 is 2.16 bits per heavy atom. The van der Waals surface area contributed by atoms with E-state index in [1.165, 1.54) is 16.9 Å². The summed E-state index contributed by atoms with van der Waals surface area (Å²) in [6.07, 6.45) is 1.47. The van der Waals surface area contributed by atoms with E-state index in [0.717, 1.165) is 0 Å². The highest BCUT2D eigenvalue weighted by Gasteiger charge is 2.17. The lowest BCUT2D eigenvalue weighted by atomic mass is 10.2. The third-order valence-corrected chi connectivity index (χ3v) is 2.67. The number of carboxylic acid groups (broad SMARTS) is 1. The van der Waals surface area contributed by atoms with Gasteiger partial charge in [0, 0.05) is 12.1 Å². The van der Waals surface area contributed by atoms with Crippen LogP contribution in [-0.2, 0) is 13.2 Å². The van der Waals surface area contributed by atoms with Crippen LogP contribution in [0.3, 0.4) is 0 Å². The SMILES string of the molecule is CCn1ncc(COc2ccccc2O)c1C(=O)O. The van der Waals surface area contributed by atoms with Gasteiger partial charge in [-0.2, -0.15) is 5.10 Å². The number of aromatic nitrogens is 2. The second-order valence-electron chi connectivity index (χ2n) is 3.90. The summed E-state index contributed by atoms with van der Waals surface area (Å²) in [4.78, 5) is 11.2. The zero-order valence-electron chi connectivity index (χ0n) is 10.4. The molecule has 0 spiro atoms. The van der Waals surface area contributed by atoms with Crippen LogP contribution in [0, 0.1) is 0 Å². The van der Waals surface area contributed by atoms with Crippen LogP contribution < -0.4 is 4.74 Å². The van der Waals surface area contributed by atoms with E-state index in [1.54, 1.807) is 18.2 Å². The summed E-state index contributed by atoms with van der Waals surface area (Å²) in [5, 5.41) is 22.7. The first-order chi connectivity index (χ1) is 9.13. The zero-order chi connectivity index (χ0) is 13.8. The zero-order valence-corrected chi connectivity index (χ0v) is 10.4. The molecule has 6 heteroatoms. The fourth-order valence-corrected chi connectivity index (χ4v) is 1.75. The first-order valence-corrected chi connectivity index (χ1v) is 5.82. The van der Waals surface area contributed by atoms with Crippen molar-refractivity contribution in [3.63, 3.8) is 0 Å². The van der Waals surface area contributed by atoms with Crippen molar-refractivity contribution >= 4 is 5.97 Å². The Hall–Kier alpha value is -2.50. The average molecular weight is 262 g/mol. The van der Waals surface area contributed by atoms with Crippen LogP contribution in [0.1, 0.15) is 23.0 Å². The largest absolute Gasteiger partial charge is 0.504 e. The molecule has 6 nitrogen and oxygen atoms in total. The van der Waals surface area contributed by atoms with E-state index in [0.29, 0.717) is 17.9 Å². The predicted molar refractivity (Wildman–Crippen MR) is 67.3 cm³/mol. The van der Waals surface area contributed by atoms with Gasteiger partial charge in [0.25, 0.3) is 0 Å². The predicted octanol–water partition coefficient (Wildman–Crippen LogP) is 1.89. The summed E-state index contributed by atoms with van der Waals surface area (Å²) < 4.78 is 6.80. The van der Waals surface area contributed by atoms with Gasteiger partial charge in [-0.15, -0.1) is 0 Å². The molecule has 0 unspecified atom stereocenters. The van der Waals surface area contributed by atoms with Gasteiger partial charge in [0.2, 0.25) is 0 Å². The molecule has 2 rings (SSSR count). The van der Waals surface area contributed by atoms with Gasteiger partial charge in [-0.25, -0.2) is 4.79 Å². The maximum absolute atomic E-state index is 11.2. The molecule has 1 heterocycles. The number of hydrogen-bond donors (Lipinski definition) is 2. The minimum absolute atomic E-state index is 0.0160. The second-order valence-corrected chi connectivity index (χ2v) is 3.90. The lowest BCUT2D eigenvalue weighted by molar-refractivity contribution is 0.0680. The van der Waals surface area contributed by atoms with Gasteiger partial charge in [0.15, 0.2) is 17.2 Å². The summed E-state index contributed by atoms with van der Waals surface area (Å²) in [5.41, 5.74) is 0.579. The van der Waals surface area contributed by atoms with E-state index in [4.69, 9.17) is 9.84 Å². The number of phenolic OH excluding ortho intramolecular Hbond substituents is 1. The summed E-state index contributed by atoms with van der Waals surface area (Å²) in [5.74, 6) is -0.722. The molecule has 1 aromatic heterocycles. The van der Waals surface area contributed by atoms with Gasteiger partial charge < -0.3 is 14.9 Å². The number of aryl methyl sites for hydroxylation is 1. The van der Waals surface area contributed by atoms with E-state index in [9.17, 15) is 9.90 Å². The first-order valence-electron chi connectivity index (χ1n) is 5.82. The number of aromatic carboxylic acids is 1. The summed E-state index contributed by atoms with van der Waals surface area (Å²) in [7, 11) is 0. The Bertz CT molecular complexity index is 592. The van der Waals surface area contributed by atoms with Crippen LogP contribution in [0.2, 0.25) is 0 Å². The fourth-order valence-electron chi connectivity index (χ4n) is 1.75. The highest BCUT2D eigenvalue weighted by Crippen LogP contribution is 2.25. The number of carbonyl (C=O) groups is 1. The second kappa shape index (κ2) is 5.43. The number of benzene rings is 1. The Kier molecular flexibility index (Phi) is 3.70. The van der Waals surface area contributed by atoms with Crippen molar-refractivity contribution in [1.29, 1.82) is 0 Å². The Morgan fingerprint density at radius 3 is 2.79 bits per heavy atom. The van der Waals surface area contributed by atoms with Gasteiger partial charge in [0.05, 0.1) is 6.20 Å². The normalized spacial score (nSPS) is 10.4. The summed E-state index contributed by atoms with van der Waals surface area (Å²) >= 11 is 0. The van der Waals surface area contributed by atoms with E-state index >= 15 is 0 Å². The van der Waals surface area contributed by atoms with Gasteiger partial charge in [-0.05, 0) is 19.1 Å². The van der Waals surface area contributed by atoms with Crippen LogP contribution in [-0.4, -0.2) is 26.0 Å². The van der Waals surface area contributed by atoms with Gasteiger partial charge in [-0.1, -0.05) is 12.1 Å². The maximum atomic E-state index is 11.2. The Labute approximate surface area is 109 Å². The van der Waals surface area contributed by atoms with E-state index in [2.05, 4.69) is 5.10 Å². The number of para-hydroxylation sites is 2. The minimum Gasteiger partial charge on any atom is -0.504 e. The minimum atomic E-state index is -1.05. The molecule has 0 amide bonds. The quantitative estimate of drug-likeness (QED) is 0.859. The fraction of sp³-hybridized carbons (Fsp3) is 0.231. The molecule has 0 aliphatic heterocycles. The highest BCUT2D eigenvalue weighted by molar-refractivity contribution is 5.87. The average Bonchev–Trinajstić information content (AvgIpc) is 2.81. The van der Waals surface area contributed by atoms with Crippen LogP contribution in [0.5, 0.6) is 11.5 Å². The number of aromatic hydroxyl groups is 1. The number of phenols is 1. The standard InChI is InChI=1S/C13H14N2O4/c1-2-15-12(13(17)18)9(7-14-15)8-19-11-6-4-3-5-10(11)16/h3-7,16H,2,8H2,1H3,(H,17,18). The molecule has 0 bridgehead atoms. The smallest absolute Gasteiger partial charge is 0.354 e. The molecule has 2 aromatic rings. The van der Waals surface area contributed by atoms with Crippen molar-refractivity contribution in [3.05, 3.63) is 41.7 Å². The van der Waals surface area contributed by atoms with Crippen molar-refractivity contribution in [2.24, 2.45) is 0 Å². The van der Waals surface area contributed by atoms with Gasteiger partial charge >= 0.3 is 5.97 Å². The van der Waals surface area contributed by atoms with E-state index < -0.39 is 5.97 Å². The molecule has 0 saturated carbocycles. The molecule has 2 N–H and O–H groups in total. The van der Waals surface area contributed by atoms with Crippen LogP contribution in [0.25, 0.3) is 0 Å². The van der Waals surface area contributed by atoms with Crippen LogP contribution >= 0.6 is 0 Å². The lowest BCUT2D eigenvalue weighted by Crippen LogP contribution is -2.11. The number of carboxylic acids is 1. The Balaban J connectivity index is 2.18. The van der Waals surface area contributed by atoms with Crippen LogP contribution in [0.15, 0.2) is 30.5 Å². The highest BCUT2D eigenvalue weighted by atomic mass is 16.5. The number of ether oxygens (including phenoxy) is 1. The topological polar surface area (TPSA) is 84.6 Å². The van der Waals surface area contributed by atoms with Gasteiger partial charge in [0.1, 0.15) is 6.61 Å². The number of rotatable bonds is 5. The molecular weight excluding hydrogens is 248 g/mol. The number of nitrogens with zero attached hydrogens (tertiary/aromatic N) is 2. The molecule has 100 valence electrons. The van der Waals surface area contributed by atoms with Crippen molar-refractivity contribution < 1.29 is 19.7 Å². The lowest BCUT2D eigenvalue weighted by Gasteiger charge is -2.07. The molecule has 1 aromatic carbocycles. The van der Waals surface area contributed by atoms with Crippen molar-refractivity contribution in [2.45, 2.75) is 20.1 Å². The van der Waals surface area contributed by atoms with Crippen molar-refractivity contribution in [2.75, 3.05) is 0 Å². The first kappa shape index (κ1) is 12.9. The van der Waals surface area contributed by atoms with E-state index in [1.807, 2.05) is 6.92 Å². The molecule has 0 fully saturated rings. The Morgan fingerprint density at radius 1 is 1.42 bits per heavy atom. The monoisotopic (exact) mass is 262 g/mol.